The normalized spacial score (nSPS) is 20.1. The maximum atomic E-state index is 13.5. The van der Waals surface area contributed by atoms with Crippen molar-refractivity contribution in [1.29, 1.82) is 0 Å². The number of benzene rings is 1. The third-order valence-corrected chi connectivity index (χ3v) is 8.04. The van der Waals surface area contributed by atoms with E-state index in [4.69, 9.17) is 4.52 Å². The Labute approximate surface area is 178 Å². The van der Waals surface area contributed by atoms with Gasteiger partial charge in [-0.1, -0.05) is 30.3 Å². The molecule has 0 saturated carbocycles. The summed E-state index contributed by atoms with van der Waals surface area (Å²) in [5.74, 6) is 0.561. The van der Waals surface area contributed by atoms with Crippen LogP contribution in [0.2, 0.25) is 0 Å². The zero-order valence-electron chi connectivity index (χ0n) is 15.9. The molecule has 0 spiro atoms. The minimum Gasteiger partial charge on any atom is -0.433 e. The minimum absolute atomic E-state index is 0.00256. The summed E-state index contributed by atoms with van der Waals surface area (Å²) < 4.78 is 21.1. The minimum atomic E-state index is -3.16. The molecule has 1 fully saturated rings. The van der Waals surface area contributed by atoms with Gasteiger partial charge in [0.2, 0.25) is 0 Å². The van der Waals surface area contributed by atoms with E-state index in [1.165, 1.54) is 0 Å². The summed E-state index contributed by atoms with van der Waals surface area (Å²) >= 11 is 3.14. The zero-order chi connectivity index (χ0) is 20.3. The lowest BCUT2D eigenvalue weighted by Gasteiger charge is -2.33. The number of nitrogens with zero attached hydrogens (tertiary/aromatic N) is 1. The SMILES string of the molecule is CP(=O)(Oc1ccccc1)N1C/C(=C\c2cccs2)C(=O)/C(=C/c2cccs2)C1. The molecule has 4 rings (SSSR count). The number of carbonyl (C=O) groups excluding carboxylic acids is 1. The van der Waals surface area contributed by atoms with Crippen molar-refractivity contribution in [2.24, 2.45) is 0 Å². The van der Waals surface area contributed by atoms with Crippen molar-refractivity contribution in [3.8, 4) is 5.75 Å². The van der Waals surface area contributed by atoms with Gasteiger partial charge in [0.25, 0.3) is 0 Å². The molecule has 0 bridgehead atoms. The Kier molecular flexibility index (Phi) is 5.97. The van der Waals surface area contributed by atoms with Gasteiger partial charge in [0.1, 0.15) is 5.75 Å². The molecular formula is C22H20NO3PS2. The number of thiophene rings is 2. The van der Waals surface area contributed by atoms with Gasteiger partial charge in [-0.2, -0.15) is 0 Å². The average molecular weight is 442 g/mol. The van der Waals surface area contributed by atoms with Crippen LogP contribution in [-0.2, 0) is 9.36 Å². The van der Waals surface area contributed by atoms with E-state index < -0.39 is 7.52 Å². The molecule has 7 heteroatoms. The molecule has 3 aromatic rings. The fraction of sp³-hybridized carbons (Fsp3) is 0.136. The number of rotatable bonds is 5. The van der Waals surface area contributed by atoms with Crippen LogP contribution in [0.1, 0.15) is 9.75 Å². The third-order valence-electron chi connectivity index (χ3n) is 4.54. The summed E-state index contributed by atoms with van der Waals surface area (Å²) in [6.45, 7) is 2.19. The zero-order valence-corrected chi connectivity index (χ0v) is 18.4. The van der Waals surface area contributed by atoms with Gasteiger partial charge >= 0.3 is 7.52 Å². The molecule has 1 aromatic carbocycles. The van der Waals surface area contributed by atoms with E-state index in [1.54, 1.807) is 46.1 Å². The number of carbonyl (C=O) groups is 1. The first-order valence-corrected chi connectivity index (χ1v) is 12.9. The second-order valence-corrected chi connectivity index (χ2v) is 11.0. The van der Waals surface area contributed by atoms with Crippen LogP contribution in [0.4, 0.5) is 0 Å². The topological polar surface area (TPSA) is 46.6 Å². The molecule has 0 radical (unpaired) electrons. The predicted molar refractivity (Wildman–Crippen MR) is 122 cm³/mol. The van der Waals surface area contributed by atoms with Crippen LogP contribution in [-0.4, -0.2) is 30.2 Å². The first kappa shape index (κ1) is 20.0. The number of ketones is 1. The van der Waals surface area contributed by atoms with Crippen LogP contribution in [0.15, 0.2) is 76.5 Å². The van der Waals surface area contributed by atoms with Crippen LogP contribution in [0.5, 0.6) is 5.75 Å². The second kappa shape index (κ2) is 8.64. The van der Waals surface area contributed by atoms with E-state index >= 15 is 0 Å². The van der Waals surface area contributed by atoms with E-state index in [0.717, 1.165) is 9.75 Å². The maximum Gasteiger partial charge on any atom is 0.316 e. The molecule has 2 aromatic heterocycles. The highest BCUT2D eigenvalue weighted by Gasteiger charge is 2.36. The molecular weight excluding hydrogens is 421 g/mol. The van der Waals surface area contributed by atoms with Gasteiger partial charge < -0.3 is 4.52 Å². The van der Waals surface area contributed by atoms with Gasteiger partial charge in [-0.15, -0.1) is 22.7 Å². The van der Waals surface area contributed by atoms with Crippen LogP contribution >= 0.6 is 30.2 Å². The number of para-hydroxylation sites is 1. The predicted octanol–water partition coefficient (Wildman–Crippen LogP) is 6.06. The van der Waals surface area contributed by atoms with Crippen molar-refractivity contribution in [1.82, 2.24) is 4.67 Å². The maximum absolute atomic E-state index is 13.5. The van der Waals surface area contributed by atoms with E-state index in [2.05, 4.69) is 0 Å². The summed E-state index contributed by atoms with van der Waals surface area (Å²) in [5.41, 5.74) is 1.25. The number of Topliss-reactive ketones (excluding diaryl/α,β-unsaturated/α-hetero) is 1. The van der Waals surface area contributed by atoms with Crippen molar-refractivity contribution in [2.75, 3.05) is 19.8 Å². The van der Waals surface area contributed by atoms with Crippen LogP contribution in [0.25, 0.3) is 12.2 Å². The Hall–Kier alpha value is -2.24. The lowest BCUT2D eigenvalue weighted by molar-refractivity contribution is -0.113. The van der Waals surface area contributed by atoms with Crippen LogP contribution in [0, 0.1) is 0 Å². The van der Waals surface area contributed by atoms with E-state index in [0.29, 0.717) is 30.0 Å². The summed E-state index contributed by atoms with van der Waals surface area (Å²) in [7, 11) is -3.16. The van der Waals surface area contributed by atoms with Gasteiger partial charge in [-0.05, 0) is 47.2 Å². The summed E-state index contributed by atoms with van der Waals surface area (Å²) in [6.07, 6.45) is 3.79. The van der Waals surface area contributed by atoms with Crippen molar-refractivity contribution in [2.45, 2.75) is 0 Å². The Morgan fingerprint density at radius 1 is 0.897 bits per heavy atom. The number of hydrogen-bond acceptors (Lipinski definition) is 5. The Bertz CT molecular complexity index is 1030. The average Bonchev–Trinajstić information content (AvgIpc) is 3.39. The summed E-state index contributed by atoms with van der Waals surface area (Å²) in [5, 5.41) is 3.95. The second-order valence-electron chi connectivity index (χ2n) is 6.73. The molecule has 1 aliphatic heterocycles. The highest BCUT2D eigenvalue weighted by Crippen LogP contribution is 2.49. The molecule has 0 aliphatic carbocycles. The summed E-state index contributed by atoms with van der Waals surface area (Å²) in [4.78, 5) is 15.1. The van der Waals surface area contributed by atoms with E-state index in [1.807, 2.05) is 65.4 Å². The van der Waals surface area contributed by atoms with Gasteiger partial charge in [-0.3, -0.25) is 9.36 Å². The standard InChI is InChI=1S/C22H20NO3PS2/c1-27(25,26-19-7-3-2-4-8-19)23-15-17(13-20-9-5-11-28-20)22(24)18(16-23)14-21-10-6-12-29-21/h2-14H,15-16H2,1H3/b17-13+,18-14+. The molecule has 3 heterocycles. The van der Waals surface area contributed by atoms with Crippen molar-refractivity contribution < 1.29 is 13.9 Å². The van der Waals surface area contributed by atoms with Gasteiger partial charge in [0, 0.05) is 40.7 Å². The molecule has 148 valence electrons. The van der Waals surface area contributed by atoms with Gasteiger partial charge in [-0.25, -0.2) is 4.67 Å². The van der Waals surface area contributed by atoms with Crippen LogP contribution < -0.4 is 4.52 Å². The lowest BCUT2D eigenvalue weighted by atomic mass is 9.98. The van der Waals surface area contributed by atoms with Gasteiger partial charge in [0.05, 0.1) is 0 Å². The molecule has 0 amide bonds. The van der Waals surface area contributed by atoms with Crippen LogP contribution in [0.3, 0.4) is 0 Å². The molecule has 1 unspecified atom stereocenters. The monoisotopic (exact) mass is 441 g/mol. The van der Waals surface area contributed by atoms with Crippen molar-refractivity contribution in [3.63, 3.8) is 0 Å². The molecule has 4 nitrogen and oxygen atoms in total. The number of piperidine rings is 1. The molecule has 1 atom stereocenters. The Balaban J connectivity index is 1.68. The highest BCUT2D eigenvalue weighted by molar-refractivity contribution is 7.56. The fourth-order valence-corrected chi connectivity index (χ4v) is 5.91. The quantitative estimate of drug-likeness (QED) is 0.356. The van der Waals surface area contributed by atoms with E-state index in [9.17, 15) is 9.36 Å². The molecule has 29 heavy (non-hydrogen) atoms. The first-order chi connectivity index (χ1) is 14.0. The van der Waals surface area contributed by atoms with E-state index in [-0.39, 0.29) is 5.78 Å². The third kappa shape index (κ3) is 4.85. The fourth-order valence-electron chi connectivity index (χ4n) is 3.10. The Morgan fingerprint density at radius 2 is 1.45 bits per heavy atom. The van der Waals surface area contributed by atoms with Crippen molar-refractivity contribution in [3.05, 3.63) is 86.3 Å². The molecule has 0 N–H and O–H groups in total. The largest absolute Gasteiger partial charge is 0.433 e. The highest BCUT2D eigenvalue weighted by atomic mass is 32.1. The Morgan fingerprint density at radius 3 is 1.93 bits per heavy atom. The number of hydrogen-bond donors (Lipinski definition) is 0. The smallest absolute Gasteiger partial charge is 0.316 e. The van der Waals surface area contributed by atoms with Gasteiger partial charge in [0.15, 0.2) is 5.78 Å². The first-order valence-electron chi connectivity index (χ1n) is 9.12. The van der Waals surface area contributed by atoms with Crippen molar-refractivity contribution >= 4 is 48.1 Å². The lowest BCUT2D eigenvalue weighted by Crippen LogP contribution is -2.36. The summed E-state index contributed by atoms with van der Waals surface area (Å²) in [6, 6.07) is 17.0. The molecule has 1 saturated heterocycles. The molecule has 1 aliphatic rings.